The van der Waals surface area contributed by atoms with E-state index in [9.17, 15) is 4.21 Å². The summed E-state index contributed by atoms with van der Waals surface area (Å²) in [6.45, 7) is 4.40. The van der Waals surface area contributed by atoms with E-state index in [1.54, 1.807) is 20.4 Å². The molecular weight excluding hydrogens is 238 g/mol. The van der Waals surface area contributed by atoms with E-state index in [2.05, 4.69) is 4.98 Å². The number of ether oxygens (including phenoxy) is 2. The van der Waals surface area contributed by atoms with Crippen LogP contribution < -0.4 is 4.74 Å². The lowest BCUT2D eigenvalue weighted by Crippen LogP contribution is -2.09. The van der Waals surface area contributed by atoms with Crippen LogP contribution in [-0.2, 0) is 21.3 Å². The van der Waals surface area contributed by atoms with Crippen molar-refractivity contribution in [3.63, 3.8) is 0 Å². The summed E-state index contributed by atoms with van der Waals surface area (Å²) >= 11 is 0. The van der Waals surface area contributed by atoms with E-state index in [1.165, 1.54) is 0 Å². The first-order valence-corrected chi connectivity index (χ1v) is 6.92. The molecule has 0 N–H and O–H groups in total. The van der Waals surface area contributed by atoms with Crippen molar-refractivity contribution in [2.24, 2.45) is 0 Å². The number of rotatable bonds is 6. The second-order valence-electron chi connectivity index (χ2n) is 3.83. The molecule has 0 fully saturated rings. The molecule has 17 heavy (non-hydrogen) atoms. The number of pyridine rings is 1. The first-order chi connectivity index (χ1) is 8.10. The van der Waals surface area contributed by atoms with Crippen LogP contribution in [0.3, 0.4) is 0 Å². The highest BCUT2D eigenvalue weighted by atomic mass is 32.2. The molecule has 1 rings (SSSR count). The average molecular weight is 257 g/mol. The Bertz CT molecular complexity index is 407. The van der Waals surface area contributed by atoms with Crippen molar-refractivity contribution in [2.75, 3.05) is 26.6 Å². The van der Waals surface area contributed by atoms with Crippen LogP contribution >= 0.6 is 0 Å². The van der Waals surface area contributed by atoms with E-state index >= 15 is 0 Å². The maximum absolute atomic E-state index is 11.8. The van der Waals surface area contributed by atoms with Gasteiger partial charge in [-0.2, -0.15) is 0 Å². The zero-order chi connectivity index (χ0) is 12.8. The van der Waals surface area contributed by atoms with Crippen LogP contribution in [0.2, 0.25) is 0 Å². The molecule has 0 aliphatic rings. The molecule has 0 radical (unpaired) electrons. The van der Waals surface area contributed by atoms with Crippen LogP contribution in [0.4, 0.5) is 0 Å². The van der Waals surface area contributed by atoms with Gasteiger partial charge in [0.25, 0.3) is 0 Å². The molecule has 1 aromatic rings. The molecule has 96 valence electrons. The van der Waals surface area contributed by atoms with E-state index in [0.29, 0.717) is 18.1 Å². The van der Waals surface area contributed by atoms with E-state index in [1.807, 2.05) is 13.8 Å². The molecule has 0 bridgehead atoms. The second kappa shape index (κ2) is 6.71. The summed E-state index contributed by atoms with van der Waals surface area (Å²) in [6.07, 6.45) is 1.76. The number of aryl methyl sites for hydroxylation is 1. The van der Waals surface area contributed by atoms with Gasteiger partial charge in [-0.25, -0.2) is 0 Å². The van der Waals surface area contributed by atoms with Crippen molar-refractivity contribution in [2.45, 2.75) is 19.6 Å². The van der Waals surface area contributed by atoms with E-state index in [4.69, 9.17) is 9.47 Å². The van der Waals surface area contributed by atoms with Crippen LogP contribution in [0.5, 0.6) is 5.75 Å². The Balaban J connectivity index is 2.81. The summed E-state index contributed by atoms with van der Waals surface area (Å²) in [6, 6.07) is 0. The van der Waals surface area contributed by atoms with Crippen molar-refractivity contribution in [3.8, 4) is 5.75 Å². The number of nitrogens with zero attached hydrogens (tertiary/aromatic N) is 1. The lowest BCUT2D eigenvalue weighted by atomic mass is 10.1. The van der Waals surface area contributed by atoms with E-state index in [-0.39, 0.29) is 0 Å². The Morgan fingerprint density at radius 2 is 2.06 bits per heavy atom. The topological polar surface area (TPSA) is 48.4 Å². The number of hydrogen-bond donors (Lipinski definition) is 0. The normalized spacial score (nSPS) is 12.5. The number of aromatic nitrogens is 1. The van der Waals surface area contributed by atoms with Crippen LogP contribution in [0.1, 0.15) is 16.8 Å². The van der Waals surface area contributed by atoms with Crippen molar-refractivity contribution in [1.82, 2.24) is 4.98 Å². The predicted molar refractivity (Wildman–Crippen MR) is 68.9 cm³/mol. The Kier molecular flexibility index (Phi) is 5.58. The SMILES string of the molecule is COCC[S@](=O)Cc1ncc(C)c(OC)c1C. The Morgan fingerprint density at radius 3 is 2.65 bits per heavy atom. The second-order valence-corrected chi connectivity index (χ2v) is 5.40. The van der Waals surface area contributed by atoms with Crippen molar-refractivity contribution >= 4 is 10.8 Å². The van der Waals surface area contributed by atoms with Crippen LogP contribution in [-0.4, -0.2) is 35.8 Å². The molecule has 0 amide bonds. The van der Waals surface area contributed by atoms with Crippen molar-refractivity contribution < 1.29 is 13.7 Å². The van der Waals surface area contributed by atoms with E-state index < -0.39 is 10.8 Å². The third kappa shape index (κ3) is 3.78. The van der Waals surface area contributed by atoms with Gasteiger partial charge in [-0.05, 0) is 13.8 Å². The molecule has 1 atom stereocenters. The van der Waals surface area contributed by atoms with Gasteiger partial charge in [-0.15, -0.1) is 0 Å². The monoisotopic (exact) mass is 257 g/mol. The molecule has 0 spiro atoms. The third-order valence-corrected chi connectivity index (χ3v) is 3.78. The smallest absolute Gasteiger partial charge is 0.128 e. The van der Waals surface area contributed by atoms with Gasteiger partial charge < -0.3 is 9.47 Å². The molecule has 0 unspecified atom stereocenters. The molecule has 1 aromatic heterocycles. The number of hydrogen-bond acceptors (Lipinski definition) is 4. The first kappa shape index (κ1) is 14.1. The minimum absolute atomic E-state index is 0.450. The van der Waals surface area contributed by atoms with Crippen LogP contribution in [0.15, 0.2) is 6.20 Å². The summed E-state index contributed by atoms with van der Waals surface area (Å²) in [5.41, 5.74) is 2.80. The van der Waals surface area contributed by atoms with Gasteiger partial charge in [0, 0.05) is 41.0 Å². The van der Waals surface area contributed by atoms with Gasteiger partial charge >= 0.3 is 0 Å². The lowest BCUT2D eigenvalue weighted by Gasteiger charge is -2.11. The lowest BCUT2D eigenvalue weighted by molar-refractivity contribution is 0.218. The molecule has 1 heterocycles. The van der Waals surface area contributed by atoms with Crippen molar-refractivity contribution in [1.29, 1.82) is 0 Å². The fourth-order valence-corrected chi connectivity index (χ4v) is 2.71. The molecule has 0 saturated heterocycles. The van der Waals surface area contributed by atoms with Crippen molar-refractivity contribution in [3.05, 3.63) is 23.0 Å². The molecule has 0 aliphatic carbocycles. The zero-order valence-electron chi connectivity index (χ0n) is 10.8. The molecule has 0 aliphatic heterocycles. The molecule has 4 nitrogen and oxygen atoms in total. The summed E-state index contributed by atoms with van der Waals surface area (Å²) in [5.74, 6) is 1.82. The van der Waals surface area contributed by atoms with Gasteiger partial charge in [-0.1, -0.05) is 0 Å². The Morgan fingerprint density at radius 1 is 1.35 bits per heavy atom. The minimum atomic E-state index is -0.941. The highest BCUT2D eigenvalue weighted by Crippen LogP contribution is 2.24. The third-order valence-electron chi connectivity index (χ3n) is 2.56. The van der Waals surface area contributed by atoms with E-state index in [0.717, 1.165) is 22.6 Å². The maximum atomic E-state index is 11.8. The van der Waals surface area contributed by atoms with Gasteiger partial charge in [0.15, 0.2) is 0 Å². The van der Waals surface area contributed by atoms with Gasteiger partial charge in [0.1, 0.15) is 5.75 Å². The molecule has 5 heteroatoms. The van der Waals surface area contributed by atoms with Gasteiger partial charge in [-0.3, -0.25) is 9.19 Å². The van der Waals surface area contributed by atoms with Crippen LogP contribution in [0, 0.1) is 13.8 Å². The Hall–Kier alpha value is -0.940. The van der Waals surface area contributed by atoms with Crippen LogP contribution in [0.25, 0.3) is 0 Å². The largest absolute Gasteiger partial charge is 0.496 e. The summed E-state index contributed by atoms with van der Waals surface area (Å²) < 4.78 is 22.0. The van der Waals surface area contributed by atoms with Gasteiger partial charge in [0.05, 0.1) is 25.2 Å². The quantitative estimate of drug-likeness (QED) is 0.776. The summed E-state index contributed by atoms with van der Waals surface area (Å²) in [5, 5.41) is 0. The minimum Gasteiger partial charge on any atom is -0.496 e. The summed E-state index contributed by atoms with van der Waals surface area (Å²) in [4.78, 5) is 4.32. The Labute approximate surface area is 105 Å². The van der Waals surface area contributed by atoms with Gasteiger partial charge in [0.2, 0.25) is 0 Å². The predicted octanol–water partition coefficient (Wildman–Crippen LogP) is 1.60. The first-order valence-electron chi connectivity index (χ1n) is 5.43. The average Bonchev–Trinajstić information content (AvgIpc) is 2.31. The maximum Gasteiger partial charge on any atom is 0.128 e. The highest BCUT2D eigenvalue weighted by Gasteiger charge is 2.11. The highest BCUT2D eigenvalue weighted by molar-refractivity contribution is 7.84. The fraction of sp³-hybridized carbons (Fsp3) is 0.583. The zero-order valence-corrected chi connectivity index (χ0v) is 11.6. The fourth-order valence-electron chi connectivity index (χ4n) is 1.62. The molecular formula is C12H19NO3S. The number of methoxy groups -OCH3 is 2. The molecule has 0 aromatic carbocycles. The standard InChI is InChI=1S/C12H19NO3S/c1-9-7-13-11(10(2)12(9)16-4)8-17(14)6-5-15-3/h7H,5-6,8H2,1-4H3/t17-/m0/s1. The molecule has 0 saturated carbocycles. The summed E-state index contributed by atoms with van der Waals surface area (Å²) in [7, 11) is 2.31.